The quantitative estimate of drug-likeness (QED) is 0.753. The third kappa shape index (κ3) is 5.35. The van der Waals surface area contributed by atoms with Crippen molar-refractivity contribution in [2.45, 2.75) is 32.7 Å². The fourth-order valence-corrected chi connectivity index (χ4v) is 4.16. The summed E-state index contributed by atoms with van der Waals surface area (Å²) in [6, 6.07) is 2.10. The van der Waals surface area contributed by atoms with E-state index in [4.69, 9.17) is 11.6 Å². The molecule has 0 radical (unpaired) electrons. The molecular formula is C14H22BrClN2S. The van der Waals surface area contributed by atoms with Crippen molar-refractivity contribution in [2.75, 3.05) is 26.2 Å². The Bertz CT molecular complexity index is 369. The number of nitrogens with one attached hydrogen (secondary N) is 1. The summed E-state index contributed by atoms with van der Waals surface area (Å²) in [5, 5.41) is 3.49. The first-order chi connectivity index (χ1) is 9.15. The molecule has 1 aliphatic rings. The normalized spacial score (nSPS) is 18.1. The smallest absolute Gasteiger partial charge is 0.107 e. The number of halogens is 2. The second-order valence-corrected chi connectivity index (χ2v) is 7.98. The highest BCUT2D eigenvalue weighted by molar-refractivity contribution is 9.10. The third-order valence-electron chi connectivity index (χ3n) is 3.70. The van der Waals surface area contributed by atoms with Gasteiger partial charge in [-0.2, -0.15) is 0 Å². The average Bonchev–Trinajstić information content (AvgIpc) is 2.71. The molecule has 0 aromatic carbocycles. The predicted octanol–water partition coefficient (Wildman–Crippen LogP) is 4.38. The van der Waals surface area contributed by atoms with Crippen molar-refractivity contribution in [3.8, 4) is 0 Å². The molecule has 0 amide bonds. The Kier molecular flexibility index (Phi) is 6.63. The molecule has 2 rings (SSSR count). The highest BCUT2D eigenvalue weighted by Crippen LogP contribution is 2.31. The van der Waals surface area contributed by atoms with Crippen molar-refractivity contribution < 1.29 is 0 Å². The van der Waals surface area contributed by atoms with Crippen LogP contribution in [0.1, 0.15) is 31.1 Å². The maximum atomic E-state index is 6.02. The number of thiophene rings is 1. The van der Waals surface area contributed by atoms with Crippen LogP contribution >= 0.6 is 38.9 Å². The van der Waals surface area contributed by atoms with E-state index in [0.29, 0.717) is 0 Å². The molecule has 0 atom stereocenters. The number of nitrogens with zero attached hydrogens (tertiary/aromatic N) is 1. The summed E-state index contributed by atoms with van der Waals surface area (Å²) in [5.74, 6) is 0.927. The van der Waals surface area contributed by atoms with E-state index in [1.165, 1.54) is 43.8 Å². The first-order valence-electron chi connectivity index (χ1n) is 7.02. The zero-order valence-corrected chi connectivity index (χ0v) is 14.6. The van der Waals surface area contributed by atoms with Gasteiger partial charge >= 0.3 is 0 Å². The van der Waals surface area contributed by atoms with Gasteiger partial charge in [0.15, 0.2) is 0 Å². The number of hydrogen-bond donors (Lipinski definition) is 1. The second kappa shape index (κ2) is 7.99. The van der Waals surface area contributed by atoms with Crippen LogP contribution in [0.25, 0.3) is 0 Å². The lowest BCUT2D eigenvalue weighted by atomic mass is 9.99. The van der Waals surface area contributed by atoms with Gasteiger partial charge in [-0.1, -0.05) is 18.5 Å². The highest BCUT2D eigenvalue weighted by Gasteiger charge is 2.14. The Morgan fingerprint density at radius 1 is 1.47 bits per heavy atom. The van der Waals surface area contributed by atoms with Gasteiger partial charge in [-0.25, -0.2) is 0 Å². The third-order valence-corrected chi connectivity index (χ3v) is 6.17. The van der Waals surface area contributed by atoms with Crippen LogP contribution in [0.2, 0.25) is 4.34 Å². The number of hydrogen-bond acceptors (Lipinski definition) is 3. The Morgan fingerprint density at radius 2 is 2.21 bits per heavy atom. The van der Waals surface area contributed by atoms with Gasteiger partial charge in [0.1, 0.15) is 4.34 Å². The molecule has 0 unspecified atom stereocenters. The van der Waals surface area contributed by atoms with Gasteiger partial charge in [0.2, 0.25) is 0 Å². The van der Waals surface area contributed by atoms with E-state index < -0.39 is 0 Å². The summed E-state index contributed by atoms with van der Waals surface area (Å²) in [5.41, 5.74) is 0. The molecule has 1 aromatic heterocycles. The molecule has 5 heteroatoms. The lowest BCUT2D eigenvalue weighted by Crippen LogP contribution is -2.34. The predicted molar refractivity (Wildman–Crippen MR) is 88.2 cm³/mol. The molecular weight excluding hydrogens is 344 g/mol. The van der Waals surface area contributed by atoms with Crippen molar-refractivity contribution in [1.82, 2.24) is 10.2 Å². The summed E-state index contributed by atoms with van der Waals surface area (Å²) >= 11 is 11.1. The van der Waals surface area contributed by atoms with Crippen LogP contribution < -0.4 is 5.32 Å². The van der Waals surface area contributed by atoms with Crippen LogP contribution in [-0.4, -0.2) is 31.1 Å². The molecule has 1 fully saturated rings. The molecule has 2 heterocycles. The average molecular weight is 366 g/mol. The molecule has 1 saturated heterocycles. The van der Waals surface area contributed by atoms with E-state index in [1.54, 1.807) is 11.3 Å². The van der Waals surface area contributed by atoms with Gasteiger partial charge in [-0.3, -0.25) is 0 Å². The van der Waals surface area contributed by atoms with Crippen molar-refractivity contribution >= 4 is 38.9 Å². The molecule has 0 spiro atoms. The van der Waals surface area contributed by atoms with E-state index in [2.05, 4.69) is 39.1 Å². The highest BCUT2D eigenvalue weighted by atomic mass is 79.9. The first-order valence-corrected chi connectivity index (χ1v) is 9.00. The Balaban J connectivity index is 1.55. The van der Waals surface area contributed by atoms with E-state index in [1.807, 2.05) is 0 Å². The fraction of sp³-hybridized carbons (Fsp3) is 0.714. The van der Waals surface area contributed by atoms with Crippen LogP contribution in [-0.2, 0) is 6.54 Å². The molecule has 0 saturated carbocycles. The maximum absolute atomic E-state index is 6.02. The van der Waals surface area contributed by atoms with Gasteiger partial charge in [0, 0.05) is 15.9 Å². The summed E-state index contributed by atoms with van der Waals surface area (Å²) in [6.45, 7) is 8.17. The van der Waals surface area contributed by atoms with Crippen molar-refractivity contribution in [3.63, 3.8) is 0 Å². The van der Waals surface area contributed by atoms with Gasteiger partial charge in [0.25, 0.3) is 0 Å². The zero-order chi connectivity index (χ0) is 13.7. The molecule has 19 heavy (non-hydrogen) atoms. The molecule has 0 bridgehead atoms. The lowest BCUT2D eigenvalue weighted by molar-refractivity contribution is 0.190. The molecule has 0 aliphatic carbocycles. The summed E-state index contributed by atoms with van der Waals surface area (Å²) < 4.78 is 1.86. The van der Waals surface area contributed by atoms with Crippen molar-refractivity contribution in [2.24, 2.45) is 5.92 Å². The standard InChI is InChI=1S/C14H22BrClN2S/c1-11-3-7-18(8-4-11)6-2-5-17-10-12-9-13(15)14(16)19-12/h9,11,17H,2-8,10H2,1H3. The van der Waals surface area contributed by atoms with Gasteiger partial charge < -0.3 is 10.2 Å². The van der Waals surface area contributed by atoms with Crippen molar-refractivity contribution in [3.05, 3.63) is 19.8 Å². The van der Waals surface area contributed by atoms with E-state index in [-0.39, 0.29) is 0 Å². The lowest BCUT2D eigenvalue weighted by Gasteiger charge is -2.30. The summed E-state index contributed by atoms with van der Waals surface area (Å²) in [7, 11) is 0. The van der Waals surface area contributed by atoms with Crippen LogP contribution in [0.15, 0.2) is 10.5 Å². The van der Waals surface area contributed by atoms with Crippen LogP contribution in [0.3, 0.4) is 0 Å². The first kappa shape index (κ1) is 15.8. The Labute approximate surface area is 133 Å². The molecule has 1 aliphatic heterocycles. The van der Waals surface area contributed by atoms with E-state index >= 15 is 0 Å². The number of rotatable bonds is 6. The SMILES string of the molecule is CC1CCN(CCCNCc2cc(Br)c(Cl)s2)CC1. The minimum Gasteiger partial charge on any atom is -0.312 e. The van der Waals surface area contributed by atoms with Crippen LogP contribution in [0.4, 0.5) is 0 Å². The van der Waals surface area contributed by atoms with Gasteiger partial charge in [0.05, 0.1) is 0 Å². The summed E-state index contributed by atoms with van der Waals surface area (Å²) in [6.07, 6.45) is 3.97. The second-order valence-electron chi connectivity index (χ2n) is 5.39. The van der Waals surface area contributed by atoms with Crippen LogP contribution in [0.5, 0.6) is 0 Å². The zero-order valence-electron chi connectivity index (χ0n) is 11.4. The summed E-state index contributed by atoms with van der Waals surface area (Å²) in [4.78, 5) is 3.89. The molecule has 1 N–H and O–H groups in total. The Hall–Kier alpha value is 0.390. The van der Waals surface area contributed by atoms with Gasteiger partial charge in [-0.15, -0.1) is 11.3 Å². The largest absolute Gasteiger partial charge is 0.312 e. The van der Waals surface area contributed by atoms with Crippen LogP contribution in [0, 0.1) is 5.92 Å². The minimum atomic E-state index is 0.847. The Morgan fingerprint density at radius 3 is 2.84 bits per heavy atom. The number of piperidine rings is 1. The fourth-order valence-electron chi connectivity index (χ4n) is 2.40. The van der Waals surface area contributed by atoms with Crippen molar-refractivity contribution in [1.29, 1.82) is 0 Å². The van der Waals surface area contributed by atoms with E-state index in [0.717, 1.165) is 27.8 Å². The molecule has 2 nitrogen and oxygen atoms in total. The minimum absolute atomic E-state index is 0.847. The monoisotopic (exact) mass is 364 g/mol. The van der Waals surface area contributed by atoms with Gasteiger partial charge in [-0.05, 0) is 73.4 Å². The molecule has 108 valence electrons. The number of likely N-dealkylation sites (tertiary alicyclic amines) is 1. The topological polar surface area (TPSA) is 15.3 Å². The molecule has 1 aromatic rings. The van der Waals surface area contributed by atoms with E-state index in [9.17, 15) is 0 Å². The maximum Gasteiger partial charge on any atom is 0.107 e.